The number of aromatic nitrogens is 2. The first-order chi connectivity index (χ1) is 12.1. The molecular formula is C19H24N4O2. The van der Waals surface area contributed by atoms with Gasteiger partial charge in [-0.05, 0) is 36.5 Å². The fourth-order valence-corrected chi connectivity index (χ4v) is 3.17. The van der Waals surface area contributed by atoms with E-state index < -0.39 is 0 Å². The second-order valence-electron chi connectivity index (χ2n) is 6.60. The third-order valence-corrected chi connectivity index (χ3v) is 4.63. The summed E-state index contributed by atoms with van der Waals surface area (Å²) in [6, 6.07) is 9.40. The highest BCUT2D eigenvalue weighted by Gasteiger charge is 2.23. The van der Waals surface area contributed by atoms with Crippen LogP contribution in [0.4, 0.5) is 0 Å². The minimum absolute atomic E-state index is 0.0239. The van der Waals surface area contributed by atoms with Crippen LogP contribution in [0.15, 0.2) is 42.7 Å². The monoisotopic (exact) mass is 340 g/mol. The molecule has 1 aromatic heterocycles. The number of carbonyl (C=O) groups is 2. The first kappa shape index (κ1) is 17.2. The number of benzene rings is 1. The molecule has 2 amide bonds. The van der Waals surface area contributed by atoms with Gasteiger partial charge in [0, 0.05) is 38.4 Å². The van der Waals surface area contributed by atoms with Crippen LogP contribution in [0.2, 0.25) is 0 Å². The van der Waals surface area contributed by atoms with Crippen molar-refractivity contribution < 1.29 is 9.59 Å². The van der Waals surface area contributed by atoms with Crippen LogP contribution in [-0.4, -0.2) is 46.1 Å². The highest BCUT2D eigenvalue weighted by Crippen LogP contribution is 2.18. The Morgan fingerprint density at radius 3 is 2.56 bits per heavy atom. The third kappa shape index (κ3) is 4.68. The molecule has 1 aliphatic rings. The molecule has 0 saturated carbocycles. The second-order valence-corrected chi connectivity index (χ2v) is 6.60. The summed E-state index contributed by atoms with van der Waals surface area (Å²) in [6.07, 6.45) is 5.77. The van der Waals surface area contributed by atoms with Crippen LogP contribution in [-0.2, 0) is 18.3 Å². The molecule has 3 rings (SSSR count). The zero-order valence-electron chi connectivity index (χ0n) is 14.5. The van der Waals surface area contributed by atoms with Gasteiger partial charge in [0.1, 0.15) is 0 Å². The van der Waals surface area contributed by atoms with Crippen LogP contribution in [0.5, 0.6) is 0 Å². The van der Waals surface area contributed by atoms with Gasteiger partial charge in [-0.2, -0.15) is 5.10 Å². The van der Waals surface area contributed by atoms with Crippen LogP contribution < -0.4 is 5.32 Å². The Kier molecular flexibility index (Phi) is 5.48. The SMILES string of the molecule is Cn1cc(CC(=O)NCC2CCN(C(=O)c3ccccc3)CC2)cn1. The van der Waals surface area contributed by atoms with E-state index in [1.807, 2.05) is 48.5 Å². The Labute approximate surface area is 147 Å². The number of hydrogen-bond acceptors (Lipinski definition) is 3. The van der Waals surface area contributed by atoms with Gasteiger partial charge in [-0.3, -0.25) is 14.3 Å². The van der Waals surface area contributed by atoms with Crippen molar-refractivity contribution >= 4 is 11.8 Å². The molecule has 1 N–H and O–H groups in total. The van der Waals surface area contributed by atoms with Crippen molar-refractivity contribution in [2.75, 3.05) is 19.6 Å². The molecule has 0 radical (unpaired) electrons. The fourth-order valence-electron chi connectivity index (χ4n) is 3.17. The van der Waals surface area contributed by atoms with E-state index in [4.69, 9.17) is 0 Å². The van der Waals surface area contributed by atoms with Crippen molar-refractivity contribution in [1.82, 2.24) is 20.0 Å². The lowest BCUT2D eigenvalue weighted by atomic mass is 9.96. The maximum atomic E-state index is 12.4. The minimum atomic E-state index is 0.0239. The quantitative estimate of drug-likeness (QED) is 0.900. The highest BCUT2D eigenvalue weighted by molar-refractivity contribution is 5.94. The summed E-state index contributed by atoms with van der Waals surface area (Å²) in [7, 11) is 1.84. The lowest BCUT2D eigenvalue weighted by Gasteiger charge is -2.32. The van der Waals surface area contributed by atoms with Crippen LogP contribution in [0, 0.1) is 5.92 Å². The minimum Gasteiger partial charge on any atom is -0.356 e. The number of amides is 2. The van der Waals surface area contributed by atoms with E-state index >= 15 is 0 Å². The molecule has 0 atom stereocenters. The molecule has 2 aromatic rings. The first-order valence-electron chi connectivity index (χ1n) is 8.70. The summed E-state index contributed by atoms with van der Waals surface area (Å²) in [6.45, 7) is 2.17. The molecular weight excluding hydrogens is 316 g/mol. The molecule has 132 valence electrons. The van der Waals surface area contributed by atoms with Gasteiger partial charge in [0.2, 0.25) is 5.91 Å². The van der Waals surface area contributed by atoms with Crippen LogP contribution in [0.25, 0.3) is 0 Å². The van der Waals surface area contributed by atoms with E-state index in [1.54, 1.807) is 10.9 Å². The summed E-state index contributed by atoms with van der Waals surface area (Å²) >= 11 is 0. The molecule has 6 nitrogen and oxygen atoms in total. The molecule has 2 heterocycles. The fraction of sp³-hybridized carbons (Fsp3) is 0.421. The summed E-state index contributed by atoms with van der Waals surface area (Å²) in [4.78, 5) is 26.3. The highest BCUT2D eigenvalue weighted by atomic mass is 16.2. The molecule has 1 aliphatic heterocycles. The largest absolute Gasteiger partial charge is 0.356 e. The van der Waals surface area contributed by atoms with Gasteiger partial charge in [0.05, 0.1) is 12.6 Å². The van der Waals surface area contributed by atoms with E-state index in [0.29, 0.717) is 18.9 Å². The van der Waals surface area contributed by atoms with Gasteiger partial charge in [0.15, 0.2) is 0 Å². The van der Waals surface area contributed by atoms with Gasteiger partial charge >= 0.3 is 0 Å². The maximum Gasteiger partial charge on any atom is 0.253 e. The molecule has 0 aliphatic carbocycles. The second kappa shape index (κ2) is 7.96. The first-order valence-corrected chi connectivity index (χ1v) is 8.70. The van der Waals surface area contributed by atoms with Gasteiger partial charge < -0.3 is 10.2 Å². The summed E-state index contributed by atoms with van der Waals surface area (Å²) in [5.74, 6) is 0.549. The zero-order valence-corrected chi connectivity index (χ0v) is 14.5. The Hall–Kier alpha value is -2.63. The third-order valence-electron chi connectivity index (χ3n) is 4.63. The predicted octanol–water partition coefficient (Wildman–Crippen LogP) is 1.63. The number of nitrogens with zero attached hydrogens (tertiary/aromatic N) is 3. The molecule has 1 fully saturated rings. The van der Waals surface area contributed by atoms with E-state index in [1.165, 1.54) is 0 Å². The number of rotatable bonds is 5. The van der Waals surface area contributed by atoms with Crippen molar-refractivity contribution in [2.45, 2.75) is 19.3 Å². The lowest BCUT2D eigenvalue weighted by molar-refractivity contribution is -0.120. The van der Waals surface area contributed by atoms with Gasteiger partial charge in [-0.15, -0.1) is 0 Å². The summed E-state index contributed by atoms with van der Waals surface area (Å²) in [5, 5.41) is 7.08. The molecule has 0 spiro atoms. The van der Waals surface area contributed by atoms with Crippen molar-refractivity contribution in [3.05, 3.63) is 53.9 Å². The van der Waals surface area contributed by atoms with Crippen molar-refractivity contribution in [1.29, 1.82) is 0 Å². The number of aryl methyl sites for hydroxylation is 1. The average molecular weight is 340 g/mol. The number of piperidine rings is 1. The van der Waals surface area contributed by atoms with E-state index in [9.17, 15) is 9.59 Å². The summed E-state index contributed by atoms with van der Waals surface area (Å²) in [5.41, 5.74) is 1.66. The number of carbonyl (C=O) groups excluding carboxylic acids is 2. The van der Waals surface area contributed by atoms with Crippen LogP contribution in [0.3, 0.4) is 0 Å². The Morgan fingerprint density at radius 2 is 1.92 bits per heavy atom. The Morgan fingerprint density at radius 1 is 1.20 bits per heavy atom. The normalized spacial score (nSPS) is 15.2. The molecule has 1 saturated heterocycles. The van der Waals surface area contributed by atoms with Gasteiger partial charge in [-0.25, -0.2) is 0 Å². The molecule has 25 heavy (non-hydrogen) atoms. The molecule has 0 bridgehead atoms. The number of hydrogen-bond donors (Lipinski definition) is 1. The number of nitrogens with one attached hydrogen (secondary N) is 1. The van der Waals surface area contributed by atoms with Crippen molar-refractivity contribution in [2.24, 2.45) is 13.0 Å². The van der Waals surface area contributed by atoms with Crippen LogP contribution in [0.1, 0.15) is 28.8 Å². The van der Waals surface area contributed by atoms with Gasteiger partial charge in [-0.1, -0.05) is 18.2 Å². The topological polar surface area (TPSA) is 67.2 Å². The van der Waals surface area contributed by atoms with Gasteiger partial charge in [0.25, 0.3) is 5.91 Å². The molecule has 1 aromatic carbocycles. The average Bonchev–Trinajstić information content (AvgIpc) is 3.05. The van der Waals surface area contributed by atoms with E-state index in [-0.39, 0.29) is 11.8 Å². The zero-order chi connectivity index (χ0) is 17.6. The predicted molar refractivity (Wildman–Crippen MR) is 95.0 cm³/mol. The smallest absolute Gasteiger partial charge is 0.253 e. The number of likely N-dealkylation sites (tertiary alicyclic amines) is 1. The van der Waals surface area contributed by atoms with Crippen molar-refractivity contribution in [3.63, 3.8) is 0 Å². The lowest BCUT2D eigenvalue weighted by Crippen LogP contribution is -2.41. The molecule has 6 heteroatoms. The van der Waals surface area contributed by atoms with Crippen LogP contribution >= 0.6 is 0 Å². The summed E-state index contributed by atoms with van der Waals surface area (Å²) < 4.78 is 1.70. The van der Waals surface area contributed by atoms with E-state index in [0.717, 1.165) is 37.1 Å². The van der Waals surface area contributed by atoms with Crippen molar-refractivity contribution in [3.8, 4) is 0 Å². The van der Waals surface area contributed by atoms with E-state index in [2.05, 4.69) is 10.4 Å². The Balaban J connectivity index is 1.40. The molecule has 0 unspecified atom stereocenters. The maximum absolute atomic E-state index is 12.4. The Bertz CT molecular complexity index is 718. The standard InChI is InChI=1S/C19H24N4O2/c1-22-14-16(13-21-22)11-18(24)20-12-15-7-9-23(10-8-15)19(25)17-5-3-2-4-6-17/h2-6,13-15H,7-12H2,1H3,(H,20,24).